The van der Waals surface area contributed by atoms with Crippen LogP contribution in [0.3, 0.4) is 0 Å². The number of alkyl halides is 6. The number of amides is 1. The summed E-state index contributed by atoms with van der Waals surface area (Å²) in [4.78, 5) is 22.9. The molecule has 0 spiro atoms. The molecule has 0 saturated heterocycles. The Hall–Kier alpha value is -3.27. The van der Waals surface area contributed by atoms with Gasteiger partial charge in [-0.1, -0.05) is 36.4 Å². The zero-order chi connectivity index (χ0) is 22.9. The first-order valence-electron chi connectivity index (χ1n) is 7.50. The summed E-state index contributed by atoms with van der Waals surface area (Å²) < 4.78 is 73.8. The van der Waals surface area contributed by atoms with Gasteiger partial charge in [0.25, 0.3) is 0 Å². The molecule has 1 N–H and O–H groups in total. The summed E-state index contributed by atoms with van der Waals surface area (Å²) in [6.07, 6.45) is -8.08. The van der Waals surface area contributed by atoms with Crippen molar-refractivity contribution in [1.29, 1.82) is 0 Å². The Bertz CT molecular complexity index is 705. The SMILES string of the molecule is CC(F)(F)F.CC(F)(F)F.F.O=C(F)Nc1ccccc1.O=C=Nc1ccccc1. The number of benzene rings is 2. The number of nitrogens with one attached hydrogen (secondary N) is 1. The quantitative estimate of drug-likeness (QED) is 0.175. The molecule has 0 heterocycles. The van der Waals surface area contributed by atoms with Gasteiger partial charge in [-0.05, 0) is 24.3 Å². The number of carbonyl (C=O) groups excluding carboxylic acids is 2. The van der Waals surface area contributed by atoms with Gasteiger partial charge < -0.3 is 0 Å². The summed E-state index contributed by atoms with van der Waals surface area (Å²) in [5.41, 5.74) is 1.11. The number of hydrogen-bond donors (Lipinski definition) is 1. The standard InChI is InChI=1S/C7H6FNO.C7H5NO.2C2H3F3.FH/c8-7(10)9-6-4-2-1-3-5-6;9-6-8-7-4-2-1-3-5-7;2*1-2(3,4)5;/h1-5H,(H,9,10);1-5H;2*1H3;1H. The molecule has 0 aliphatic carbocycles. The van der Waals surface area contributed by atoms with E-state index >= 15 is 0 Å². The van der Waals surface area contributed by atoms with Crippen LogP contribution in [0.25, 0.3) is 0 Å². The minimum absolute atomic E-state index is 0. The molecule has 2 rings (SSSR count). The summed E-state index contributed by atoms with van der Waals surface area (Å²) in [5.74, 6) is 0. The Kier molecular flexibility index (Phi) is 17.5. The summed E-state index contributed by atoms with van der Waals surface area (Å²) in [5, 5.41) is 2.00. The van der Waals surface area contributed by atoms with Crippen LogP contribution >= 0.6 is 0 Å². The largest absolute Gasteiger partial charge is 0.401 e. The molecule has 12 heteroatoms. The molecule has 30 heavy (non-hydrogen) atoms. The molecule has 0 bridgehead atoms. The molecule has 0 fully saturated rings. The fourth-order valence-electron chi connectivity index (χ4n) is 1.19. The third-order valence-electron chi connectivity index (χ3n) is 1.95. The smallest absolute Gasteiger partial charge is 0.298 e. The van der Waals surface area contributed by atoms with Gasteiger partial charge in [-0.2, -0.15) is 31.3 Å². The van der Waals surface area contributed by atoms with Gasteiger partial charge in [0.15, 0.2) is 0 Å². The lowest BCUT2D eigenvalue weighted by Crippen LogP contribution is -2.00. The topological polar surface area (TPSA) is 58.5 Å². The second kappa shape index (κ2) is 16.7. The number of isocyanates is 1. The predicted octanol–water partition coefficient (Wildman–Crippen LogP) is 7.13. The molecule has 0 aliphatic rings. The fourth-order valence-corrected chi connectivity index (χ4v) is 1.19. The second-order valence-electron chi connectivity index (χ2n) is 4.87. The molecule has 0 atom stereocenters. The van der Waals surface area contributed by atoms with Crippen LogP contribution in [0.2, 0.25) is 0 Å². The van der Waals surface area contributed by atoms with Crippen LogP contribution in [0.15, 0.2) is 65.7 Å². The molecule has 2 aromatic carbocycles. The van der Waals surface area contributed by atoms with Gasteiger partial charge in [0, 0.05) is 19.5 Å². The minimum Gasteiger partial charge on any atom is -0.298 e. The number of halogens is 8. The molecule has 4 nitrogen and oxygen atoms in total. The Morgan fingerprint density at radius 1 is 0.833 bits per heavy atom. The Morgan fingerprint density at radius 2 is 1.17 bits per heavy atom. The van der Waals surface area contributed by atoms with Gasteiger partial charge in [0.1, 0.15) is 0 Å². The van der Waals surface area contributed by atoms with Gasteiger partial charge in [-0.25, -0.2) is 9.59 Å². The number of carbonyl (C=O) groups is 1. The normalized spacial score (nSPS) is 9.37. The van der Waals surface area contributed by atoms with Crippen LogP contribution in [-0.4, -0.2) is 24.6 Å². The Balaban J connectivity index is -0.000000337. The number of rotatable bonds is 2. The number of hydrogen-bond acceptors (Lipinski definition) is 3. The Morgan fingerprint density at radius 3 is 1.47 bits per heavy atom. The lowest BCUT2D eigenvalue weighted by Gasteiger charge is -1.95. The van der Waals surface area contributed by atoms with Crippen molar-refractivity contribution in [3.63, 3.8) is 0 Å². The van der Waals surface area contributed by atoms with E-state index in [-0.39, 0.29) is 18.6 Å². The van der Waals surface area contributed by atoms with Crippen LogP contribution in [0.1, 0.15) is 13.8 Å². The van der Waals surface area contributed by atoms with E-state index in [0.717, 1.165) is 0 Å². The zero-order valence-corrected chi connectivity index (χ0v) is 15.6. The molecule has 0 unspecified atom stereocenters. The highest BCUT2D eigenvalue weighted by Crippen LogP contribution is 2.11. The predicted molar refractivity (Wildman–Crippen MR) is 96.8 cm³/mol. The monoisotopic (exact) mass is 446 g/mol. The molecular weight excluding hydrogens is 428 g/mol. The summed E-state index contributed by atoms with van der Waals surface area (Å²) in [6.45, 7) is 0.375. The molecule has 0 saturated carbocycles. The maximum atomic E-state index is 11.6. The number of anilines is 1. The van der Waals surface area contributed by atoms with Gasteiger partial charge in [-0.3, -0.25) is 10.0 Å². The summed E-state index contributed by atoms with van der Waals surface area (Å²) >= 11 is 0. The van der Waals surface area contributed by atoms with E-state index < -0.39 is 18.5 Å². The van der Waals surface area contributed by atoms with E-state index in [1.54, 1.807) is 42.5 Å². The third kappa shape index (κ3) is 35.8. The second-order valence-corrected chi connectivity index (χ2v) is 4.87. The average Bonchev–Trinajstić information content (AvgIpc) is 2.54. The molecule has 0 aromatic heterocycles. The Labute approximate surface area is 166 Å². The van der Waals surface area contributed by atoms with Crippen LogP contribution in [0, 0.1) is 0 Å². The van der Waals surface area contributed by atoms with E-state index in [4.69, 9.17) is 0 Å². The molecule has 0 radical (unpaired) electrons. The zero-order valence-electron chi connectivity index (χ0n) is 15.6. The van der Waals surface area contributed by atoms with Crippen LogP contribution in [0.5, 0.6) is 0 Å². The van der Waals surface area contributed by atoms with Crippen molar-refractivity contribution in [2.75, 3.05) is 5.32 Å². The van der Waals surface area contributed by atoms with E-state index in [9.17, 15) is 40.3 Å². The first-order valence-corrected chi connectivity index (χ1v) is 7.50. The van der Waals surface area contributed by atoms with Gasteiger partial charge in [0.05, 0.1) is 5.69 Å². The first-order chi connectivity index (χ1) is 13.2. The van der Waals surface area contributed by atoms with Crippen molar-refractivity contribution >= 4 is 23.6 Å². The maximum Gasteiger partial charge on any atom is 0.401 e. The van der Waals surface area contributed by atoms with E-state index in [1.807, 2.05) is 23.5 Å². The average molecular weight is 446 g/mol. The number of aliphatic imine (C=N–C) groups is 1. The highest BCUT2D eigenvalue weighted by atomic mass is 19.4. The number of para-hydroxylation sites is 2. The lowest BCUT2D eigenvalue weighted by molar-refractivity contribution is -0.111. The van der Waals surface area contributed by atoms with Crippen LogP contribution < -0.4 is 5.32 Å². The van der Waals surface area contributed by atoms with Gasteiger partial charge in [-0.15, -0.1) is 4.39 Å². The summed E-state index contributed by atoms with van der Waals surface area (Å²) in [7, 11) is 0. The molecule has 0 aliphatic heterocycles. The van der Waals surface area contributed by atoms with Crippen molar-refractivity contribution < 1.29 is 45.0 Å². The maximum absolute atomic E-state index is 11.6. The number of nitrogens with zero attached hydrogens (tertiary/aromatic N) is 1. The van der Waals surface area contributed by atoms with Gasteiger partial charge >= 0.3 is 18.5 Å². The van der Waals surface area contributed by atoms with Crippen LogP contribution in [0.4, 0.5) is 51.6 Å². The van der Waals surface area contributed by atoms with E-state index in [0.29, 0.717) is 11.4 Å². The third-order valence-corrected chi connectivity index (χ3v) is 1.95. The highest BCUT2D eigenvalue weighted by Gasteiger charge is 2.16. The highest BCUT2D eigenvalue weighted by molar-refractivity contribution is 5.83. The first kappa shape index (κ1) is 31.4. The van der Waals surface area contributed by atoms with Crippen molar-refractivity contribution in [2.24, 2.45) is 4.99 Å². The molecule has 1 amide bonds. The summed E-state index contributed by atoms with van der Waals surface area (Å²) in [6, 6.07) is 17.4. The van der Waals surface area contributed by atoms with E-state index in [2.05, 4.69) is 4.99 Å². The van der Waals surface area contributed by atoms with Gasteiger partial charge in [0.2, 0.25) is 6.08 Å². The van der Waals surface area contributed by atoms with Crippen molar-refractivity contribution in [2.45, 2.75) is 26.2 Å². The fraction of sp³-hybridized carbons (Fsp3) is 0.222. The molecular formula is C18H18F8N2O2. The van der Waals surface area contributed by atoms with E-state index in [1.165, 1.54) is 6.08 Å². The minimum atomic E-state index is -4.00. The lowest BCUT2D eigenvalue weighted by atomic mass is 10.3. The van der Waals surface area contributed by atoms with Crippen molar-refractivity contribution in [3.05, 3.63) is 60.7 Å². The van der Waals surface area contributed by atoms with Crippen molar-refractivity contribution in [1.82, 2.24) is 0 Å². The van der Waals surface area contributed by atoms with Crippen LogP contribution in [-0.2, 0) is 4.79 Å². The molecule has 168 valence electrons. The molecule has 2 aromatic rings. The van der Waals surface area contributed by atoms with Crippen molar-refractivity contribution in [3.8, 4) is 0 Å².